The first-order valence-electron chi connectivity index (χ1n) is 5.71. The molecule has 1 N–H and O–H groups in total. The van der Waals surface area contributed by atoms with E-state index in [0.29, 0.717) is 22.4 Å². The number of ether oxygens (including phenoxy) is 2. The van der Waals surface area contributed by atoms with Gasteiger partial charge in [0.2, 0.25) is 0 Å². The number of methoxy groups -OCH3 is 2. The molecule has 0 radical (unpaired) electrons. The monoisotopic (exact) mass is 248 g/mol. The lowest BCUT2D eigenvalue weighted by atomic mass is 9.87. The Balaban J connectivity index is 2.65. The molecule has 2 atom stereocenters. The molecule has 18 heavy (non-hydrogen) atoms. The van der Waals surface area contributed by atoms with Crippen LogP contribution in [0.25, 0.3) is 6.08 Å². The maximum absolute atomic E-state index is 11.6. The Bertz CT molecular complexity index is 505. The summed E-state index contributed by atoms with van der Waals surface area (Å²) in [4.78, 5) is 11.6. The van der Waals surface area contributed by atoms with Crippen molar-refractivity contribution in [3.63, 3.8) is 0 Å². The molecule has 0 fully saturated rings. The van der Waals surface area contributed by atoms with Crippen LogP contribution in [0.1, 0.15) is 34.5 Å². The first-order chi connectivity index (χ1) is 8.60. The fraction of sp³-hybridized carbons (Fsp3) is 0.357. The number of aliphatic hydroxyl groups excluding tert-OH is 1. The van der Waals surface area contributed by atoms with Gasteiger partial charge in [-0.1, -0.05) is 12.2 Å². The third-order valence-corrected chi connectivity index (χ3v) is 3.18. The molecule has 1 aromatic carbocycles. The topological polar surface area (TPSA) is 55.8 Å². The Morgan fingerprint density at radius 1 is 1.33 bits per heavy atom. The van der Waals surface area contributed by atoms with Gasteiger partial charge in [0.1, 0.15) is 18.0 Å². The number of rotatable bonds is 3. The summed E-state index contributed by atoms with van der Waals surface area (Å²) in [5.41, 5.74) is 1.90. The number of hydrogen-bond donors (Lipinski definition) is 1. The number of benzene rings is 1. The van der Waals surface area contributed by atoms with Gasteiger partial charge in [0.25, 0.3) is 0 Å². The van der Waals surface area contributed by atoms with E-state index in [-0.39, 0.29) is 5.78 Å². The third kappa shape index (κ3) is 1.94. The molecule has 96 valence electrons. The number of ketones is 1. The molecule has 0 amide bonds. The standard InChI is InChI=1S/C14H16O4/c1-8(15)9-4-6-11(17-2)13-10(9)5-7-12(18-3)14(13)16/h4-7,12,14,16H,1-3H3/t12-,14+/m1/s1. The smallest absolute Gasteiger partial charge is 0.160 e. The summed E-state index contributed by atoms with van der Waals surface area (Å²) in [6, 6.07) is 3.41. The van der Waals surface area contributed by atoms with Gasteiger partial charge in [-0.2, -0.15) is 0 Å². The fourth-order valence-corrected chi connectivity index (χ4v) is 2.25. The quantitative estimate of drug-likeness (QED) is 0.831. The molecule has 1 aliphatic carbocycles. The van der Waals surface area contributed by atoms with E-state index in [1.165, 1.54) is 21.1 Å². The van der Waals surface area contributed by atoms with Crippen molar-refractivity contribution in [2.75, 3.05) is 14.2 Å². The number of hydrogen-bond acceptors (Lipinski definition) is 4. The summed E-state index contributed by atoms with van der Waals surface area (Å²) in [7, 11) is 3.07. The molecule has 4 heteroatoms. The highest BCUT2D eigenvalue weighted by Gasteiger charge is 2.29. The van der Waals surface area contributed by atoms with E-state index >= 15 is 0 Å². The maximum Gasteiger partial charge on any atom is 0.160 e. The van der Waals surface area contributed by atoms with Crippen molar-refractivity contribution >= 4 is 11.9 Å². The van der Waals surface area contributed by atoms with Crippen LogP contribution < -0.4 is 4.74 Å². The molecule has 4 nitrogen and oxygen atoms in total. The lowest BCUT2D eigenvalue weighted by Gasteiger charge is -2.27. The van der Waals surface area contributed by atoms with Gasteiger partial charge in [-0.3, -0.25) is 4.79 Å². The third-order valence-electron chi connectivity index (χ3n) is 3.18. The van der Waals surface area contributed by atoms with Gasteiger partial charge in [-0.15, -0.1) is 0 Å². The van der Waals surface area contributed by atoms with Gasteiger partial charge in [0.05, 0.1) is 7.11 Å². The van der Waals surface area contributed by atoms with Crippen molar-refractivity contribution in [3.05, 3.63) is 34.9 Å². The Morgan fingerprint density at radius 2 is 2.06 bits per heavy atom. The number of carbonyl (C=O) groups excluding carboxylic acids is 1. The van der Waals surface area contributed by atoms with Crippen LogP contribution in [0.5, 0.6) is 5.75 Å². The van der Waals surface area contributed by atoms with E-state index in [2.05, 4.69) is 0 Å². The normalized spacial score (nSPS) is 21.6. The fourth-order valence-electron chi connectivity index (χ4n) is 2.25. The molecular formula is C14H16O4. The highest BCUT2D eigenvalue weighted by atomic mass is 16.5. The Labute approximate surface area is 106 Å². The number of fused-ring (bicyclic) bond motifs is 1. The van der Waals surface area contributed by atoms with Crippen molar-refractivity contribution < 1.29 is 19.4 Å². The molecule has 0 saturated heterocycles. The minimum Gasteiger partial charge on any atom is -0.496 e. The van der Waals surface area contributed by atoms with E-state index in [1.54, 1.807) is 24.3 Å². The summed E-state index contributed by atoms with van der Waals surface area (Å²) < 4.78 is 10.4. The highest BCUT2D eigenvalue weighted by Crippen LogP contribution is 2.38. The van der Waals surface area contributed by atoms with Crippen molar-refractivity contribution in [1.82, 2.24) is 0 Å². The molecule has 0 aromatic heterocycles. The zero-order chi connectivity index (χ0) is 13.3. The number of Topliss-reactive ketones (excluding diaryl/α,β-unsaturated/α-hetero) is 1. The van der Waals surface area contributed by atoms with Crippen LogP contribution >= 0.6 is 0 Å². The number of carbonyl (C=O) groups is 1. The minimum absolute atomic E-state index is 0.0402. The Kier molecular flexibility index (Phi) is 3.50. The van der Waals surface area contributed by atoms with Crippen LogP contribution in [0.4, 0.5) is 0 Å². The van der Waals surface area contributed by atoms with Gasteiger partial charge in [0, 0.05) is 18.2 Å². The average molecular weight is 248 g/mol. The van der Waals surface area contributed by atoms with Crippen LogP contribution in [0.3, 0.4) is 0 Å². The zero-order valence-corrected chi connectivity index (χ0v) is 10.6. The zero-order valence-electron chi connectivity index (χ0n) is 10.6. The van der Waals surface area contributed by atoms with Gasteiger partial charge in [0.15, 0.2) is 5.78 Å². The summed E-state index contributed by atoms with van der Waals surface area (Å²) in [6.07, 6.45) is 2.30. The summed E-state index contributed by atoms with van der Waals surface area (Å²) in [6.45, 7) is 1.50. The van der Waals surface area contributed by atoms with Crippen molar-refractivity contribution in [2.24, 2.45) is 0 Å². The lowest BCUT2D eigenvalue weighted by Crippen LogP contribution is -2.23. The molecule has 0 saturated carbocycles. The van der Waals surface area contributed by atoms with Crippen molar-refractivity contribution in [3.8, 4) is 5.75 Å². The van der Waals surface area contributed by atoms with Crippen LogP contribution in [0, 0.1) is 0 Å². The first kappa shape index (κ1) is 12.8. The van der Waals surface area contributed by atoms with E-state index in [0.717, 1.165) is 0 Å². The van der Waals surface area contributed by atoms with Crippen molar-refractivity contribution in [2.45, 2.75) is 19.1 Å². The SMILES string of the molecule is COc1ccc(C(C)=O)c2c1[C@@H](O)[C@H](OC)C=C2. The lowest BCUT2D eigenvalue weighted by molar-refractivity contribution is 0.0137. The van der Waals surface area contributed by atoms with Crippen LogP contribution in [0.2, 0.25) is 0 Å². The molecular weight excluding hydrogens is 232 g/mol. The first-order valence-corrected chi connectivity index (χ1v) is 5.71. The van der Waals surface area contributed by atoms with Crippen LogP contribution in [-0.4, -0.2) is 31.2 Å². The van der Waals surface area contributed by atoms with E-state index in [4.69, 9.17) is 9.47 Å². The van der Waals surface area contributed by atoms with Gasteiger partial charge in [-0.05, 0) is 24.6 Å². The van der Waals surface area contributed by atoms with Gasteiger partial charge in [-0.25, -0.2) is 0 Å². The molecule has 0 aliphatic heterocycles. The second-order valence-electron chi connectivity index (χ2n) is 4.20. The Morgan fingerprint density at radius 3 is 2.61 bits per heavy atom. The molecule has 0 spiro atoms. The predicted octanol–water partition coefficient (Wildman–Crippen LogP) is 1.97. The van der Waals surface area contributed by atoms with E-state index in [9.17, 15) is 9.90 Å². The Hall–Kier alpha value is -1.65. The summed E-state index contributed by atoms with van der Waals surface area (Å²) in [5, 5.41) is 10.3. The van der Waals surface area contributed by atoms with Gasteiger partial charge < -0.3 is 14.6 Å². The van der Waals surface area contributed by atoms with Crippen LogP contribution in [-0.2, 0) is 4.74 Å². The summed E-state index contributed by atoms with van der Waals surface area (Å²) >= 11 is 0. The molecule has 1 aromatic rings. The highest BCUT2D eigenvalue weighted by molar-refractivity contribution is 5.99. The van der Waals surface area contributed by atoms with E-state index in [1.807, 2.05) is 0 Å². The molecule has 0 unspecified atom stereocenters. The largest absolute Gasteiger partial charge is 0.496 e. The molecule has 0 bridgehead atoms. The maximum atomic E-state index is 11.6. The molecule has 0 heterocycles. The second-order valence-corrected chi connectivity index (χ2v) is 4.20. The average Bonchev–Trinajstić information content (AvgIpc) is 2.37. The van der Waals surface area contributed by atoms with E-state index < -0.39 is 12.2 Å². The molecule has 2 rings (SSSR count). The predicted molar refractivity (Wildman–Crippen MR) is 67.8 cm³/mol. The van der Waals surface area contributed by atoms with Gasteiger partial charge >= 0.3 is 0 Å². The second kappa shape index (κ2) is 4.92. The molecule has 1 aliphatic rings. The van der Waals surface area contributed by atoms with Crippen LogP contribution in [0.15, 0.2) is 18.2 Å². The van der Waals surface area contributed by atoms with Crippen molar-refractivity contribution in [1.29, 1.82) is 0 Å². The summed E-state index contributed by atoms with van der Waals surface area (Å²) in [5.74, 6) is 0.524. The minimum atomic E-state index is -0.829. The number of aliphatic hydroxyl groups is 1.